The highest BCUT2D eigenvalue weighted by molar-refractivity contribution is 5.77. The van der Waals surface area contributed by atoms with Gasteiger partial charge in [-0.25, -0.2) is 0 Å². The van der Waals surface area contributed by atoms with Crippen molar-refractivity contribution in [2.45, 2.75) is 12.3 Å². The van der Waals surface area contributed by atoms with Crippen LogP contribution in [-0.2, 0) is 11.2 Å². The maximum absolute atomic E-state index is 11.7. The van der Waals surface area contributed by atoms with E-state index in [4.69, 9.17) is 14.2 Å². The van der Waals surface area contributed by atoms with E-state index >= 15 is 0 Å². The van der Waals surface area contributed by atoms with Gasteiger partial charge in [-0.1, -0.05) is 18.2 Å². The molecule has 5 nitrogen and oxygen atoms in total. The molecule has 1 atom stereocenters. The Hall–Kier alpha value is -2.69. The molecule has 0 bridgehead atoms. The van der Waals surface area contributed by atoms with Crippen LogP contribution in [0.15, 0.2) is 42.5 Å². The van der Waals surface area contributed by atoms with Crippen molar-refractivity contribution in [1.29, 1.82) is 0 Å². The molecule has 0 aliphatic carbocycles. The zero-order chi connectivity index (χ0) is 16.8. The van der Waals surface area contributed by atoms with Crippen LogP contribution in [0.25, 0.3) is 0 Å². The smallest absolute Gasteiger partial charge is 0.311 e. The predicted octanol–water partition coefficient (Wildman–Crippen LogP) is 3.12. The highest BCUT2D eigenvalue weighted by Gasteiger charge is 2.22. The van der Waals surface area contributed by atoms with Gasteiger partial charge < -0.3 is 19.3 Å². The van der Waals surface area contributed by atoms with Crippen LogP contribution in [0.4, 0.5) is 0 Å². The summed E-state index contributed by atoms with van der Waals surface area (Å²) in [6, 6.07) is 12.6. The number of carboxylic acid groups (broad SMARTS) is 1. The van der Waals surface area contributed by atoms with E-state index in [9.17, 15) is 9.90 Å². The highest BCUT2D eigenvalue weighted by Crippen LogP contribution is 2.32. The monoisotopic (exact) mass is 316 g/mol. The lowest BCUT2D eigenvalue weighted by Crippen LogP contribution is -2.14. The molecule has 122 valence electrons. The molecule has 0 heterocycles. The number of hydrogen-bond donors (Lipinski definition) is 1. The first-order chi connectivity index (χ1) is 11.1. The minimum atomic E-state index is -0.881. The van der Waals surface area contributed by atoms with Crippen molar-refractivity contribution in [1.82, 2.24) is 0 Å². The van der Waals surface area contributed by atoms with Crippen LogP contribution >= 0.6 is 0 Å². The number of ether oxygens (including phenoxy) is 3. The molecule has 0 aromatic heterocycles. The van der Waals surface area contributed by atoms with Gasteiger partial charge in [0.05, 0.1) is 27.2 Å². The average molecular weight is 316 g/mol. The Bertz CT molecular complexity index is 664. The molecule has 2 aromatic rings. The molecule has 2 rings (SSSR count). The number of carbonyl (C=O) groups is 1. The Morgan fingerprint density at radius 2 is 1.61 bits per heavy atom. The third-order valence-corrected chi connectivity index (χ3v) is 3.71. The van der Waals surface area contributed by atoms with Gasteiger partial charge in [-0.2, -0.15) is 0 Å². The number of aliphatic carboxylic acids is 1. The summed E-state index contributed by atoms with van der Waals surface area (Å²) in [5.74, 6) is 0.291. The summed E-state index contributed by atoms with van der Waals surface area (Å²) in [5.41, 5.74) is 1.60. The van der Waals surface area contributed by atoms with E-state index in [1.165, 1.54) is 7.11 Å². The van der Waals surface area contributed by atoms with Crippen LogP contribution in [0.3, 0.4) is 0 Å². The molecule has 1 unspecified atom stereocenters. The van der Waals surface area contributed by atoms with E-state index in [0.29, 0.717) is 23.5 Å². The fourth-order valence-corrected chi connectivity index (χ4v) is 2.41. The van der Waals surface area contributed by atoms with Gasteiger partial charge in [0.15, 0.2) is 11.5 Å². The third kappa shape index (κ3) is 3.94. The zero-order valence-corrected chi connectivity index (χ0v) is 13.4. The topological polar surface area (TPSA) is 65.0 Å². The zero-order valence-electron chi connectivity index (χ0n) is 13.4. The molecule has 0 radical (unpaired) electrons. The molecule has 5 heteroatoms. The second kappa shape index (κ2) is 7.54. The van der Waals surface area contributed by atoms with Crippen molar-refractivity contribution >= 4 is 5.97 Å². The minimum absolute atomic E-state index is 0.384. The molecule has 1 N–H and O–H groups in total. The van der Waals surface area contributed by atoms with Gasteiger partial charge in [-0.15, -0.1) is 0 Å². The predicted molar refractivity (Wildman–Crippen MR) is 86.6 cm³/mol. The lowest BCUT2D eigenvalue weighted by molar-refractivity contribution is -0.138. The maximum atomic E-state index is 11.7. The van der Waals surface area contributed by atoms with Gasteiger partial charge in [0.25, 0.3) is 0 Å². The quantitative estimate of drug-likeness (QED) is 0.850. The van der Waals surface area contributed by atoms with Crippen LogP contribution in [-0.4, -0.2) is 32.4 Å². The normalized spacial score (nSPS) is 11.6. The number of hydrogen-bond acceptors (Lipinski definition) is 4. The first kappa shape index (κ1) is 16.7. The lowest BCUT2D eigenvalue weighted by atomic mass is 9.92. The van der Waals surface area contributed by atoms with Gasteiger partial charge in [0.1, 0.15) is 5.75 Å². The SMILES string of the molecule is COc1ccc(CC(C(=O)O)c2ccc(OC)c(OC)c2)cc1. The Morgan fingerprint density at radius 3 is 2.13 bits per heavy atom. The van der Waals surface area contributed by atoms with Crippen LogP contribution in [0.5, 0.6) is 17.2 Å². The van der Waals surface area contributed by atoms with E-state index in [-0.39, 0.29) is 0 Å². The second-order valence-corrected chi connectivity index (χ2v) is 5.06. The molecule has 0 saturated carbocycles. The van der Waals surface area contributed by atoms with Gasteiger partial charge in [0, 0.05) is 0 Å². The fraction of sp³-hybridized carbons (Fsp3) is 0.278. The van der Waals surface area contributed by atoms with E-state index in [1.807, 2.05) is 24.3 Å². The summed E-state index contributed by atoms with van der Waals surface area (Å²) in [6.45, 7) is 0. The van der Waals surface area contributed by atoms with Crippen LogP contribution in [0, 0.1) is 0 Å². The molecule has 0 amide bonds. The van der Waals surface area contributed by atoms with Crippen molar-refractivity contribution in [3.05, 3.63) is 53.6 Å². The summed E-state index contributed by atoms with van der Waals surface area (Å²) in [4.78, 5) is 11.7. The number of methoxy groups -OCH3 is 3. The average Bonchev–Trinajstić information content (AvgIpc) is 2.59. The Balaban J connectivity index is 2.29. The van der Waals surface area contributed by atoms with Crippen molar-refractivity contribution in [2.75, 3.05) is 21.3 Å². The largest absolute Gasteiger partial charge is 0.497 e. The van der Waals surface area contributed by atoms with Crippen molar-refractivity contribution in [3.63, 3.8) is 0 Å². The summed E-state index contributed by atoms with van der Waals surface area (Å²) < 4.78 is 15.6. The Morgan fingerprint density at radius 1 is 0.957 bits per heavy atom. The van der Waals surface area contributed by atoms with E-state index in [2.05, 4.69) is 0 Å². The van der Waals surface area contributed by atoms with Crippen LogP contribution < -0.4 is 14.2 Å². The molecule has 0 spiro atoms. The third-order valence-electron chi connectivity index (χ3n) is 3.71. The fourth-order valence-electron chi connectivity index (χ4n) is 2.41. The molecule has 0 aliphatic rings. The standard InChI is InChI=1S/C18H20O5/c1-21-14-7-4-12(5-8-14)10-15(18(19)20)13-6-9-16(22-2)17(11-13)23-3/h4-9,11,15H,10H2,1-3H3,(H,19,20). The van der Waals surface area contributed by atoms with E-state index < -0.39 is 11.9 Å². The summed E-state index contributed by atoms with van der Waals surface area (Å²) in [6.07, 6.45) is 0.384. The molecule has 23 heavy (non-hydrogen) atoms. The maximum Gasteiger partial charge on any atom is 0.311 e. The van der Waals surface area contributed by atoms with E-state index in [0.717, 1.165) is 11.3 Å². The second-order valence-electron chi connectivity index (χ2n) is 5.06. The van der Waals surface area contributed by atoms with Crippen molar-refractivity contribution < 1.29 is 24.1 Å². The van der Waals surface area contributed by atoms with Gasteiger partial charge >= 0.3 is 5.97 Å². The number of carboxylic acids is 1. The molecule has 2 aromatic carbocycles. The molecular formula is C18H20O5. The summed E-state index contributed by atoms with van der Waals surface area (Å²) in [7, 11) is 4.67. The van der Waals surface area contributed by atoms with Crippen molar-refractivity contribution in [2.24, 2.45) is 0 Å². The number of rotatable bonds is 7. The highest BCUT2D eigenvalue weighted by atomic mass is 16.5. The molecule has 0 aliphatic heterocycles. The summed E-state index contributed by atoms with van der Waals surface area (Å²) in [5, 5.41) is 9.58. The number of benzene rings is 2. The first-order valence-electron chi connectivity index (χ1n) is 7.16. The minimum Gasteiger partial charge on any atom is -0.497 e. The van der Waals surface area contributed by atoms with Gasteiger partial charge in [0.2, 0.25) is 0 Å². The van der Waals surface area contributed by atoms with Crippen LogP contribution in [0.1, 0.15) is 17.0 Å². The Kier molecular flexibility index (Phi) is 5.46. The Labute approximate surface area is 135 Å². The van der Waals surface area contributed by atoms with Gasteiger partial charge in [-0.05, 0) is 41.8 Å². The van der Waals surface area contributed by atoms with E-state index in [1.54, 1.807) is 32.4 Å². The first-order valence-corrected chi connectivity index (χ1v) is 7.16. The lowest BCUT2D eigenvalue weighted by Gasteiger charge is -2.16. The van der Waals surface area contributed by atoms with Gasteiger partial charge in [-0.3, -0.25) is 4.79 Å². The molecule has 0 fully saturated rings. The molecular weight excluding hydrogens is 296 g/mol. The summed E-state index contributed by atoms with van der Waals surface area (Å²) >= 11 is 0. The molecule has 0 saturated heterocycles. The van der Waals surface area contributed by atoms with Crippen molar-refractivity contribution in [3.8, 4) is 17.2 Å². The van der Waals surface area contributed by atoms with Crippen LogP contribution in [0.2, 0.25) is 0 Å².